The number of amides is 1. The number of fused-ring (bicyclic) bond motifs is 1. The van der Waals surface area contributed by atoms with Gasteiger partial charge in [-0.15, -0.1) is 11.3 Å². The molecule has 1 amide bonds. The molecular weight excluding hydrogens is 279 g/mol. The van der Waals surface area contributed by atoms with Gasteiger partial charge in [0.2, 0.25) is 0 Å². The number of nitrogen functional groups attached to an aromatic ring is 1. The number of thiophene rings is 1. The molecule has 1 saturated carbocycles. The van der Waals surface area contributed by atoms with Gasteiger partial charge in [-0.2, -0.15) is 0 Å². The second-order valence-corrected chi connectivity index (χ2v) is 6.35. The SMILES string of the molecule is Nc1c(C(=O)NCC2(CO)CC2)sc2cccc(F)c12. The number of nitrogens with one attached hydrogen (secondary N) is 1. The summed E-state index contributed by atoms with van der Waals surface area (Å²) in [6.45, 7) is 0.502. The molecule has 20 heavy (non-hydrogen) atoms. The number of nitrogens with two attached hydrogens (primary N) is 1. The van der Waals surface area contributed by atoms with Gasteiger partial charge in [-0.3, -0.25) is 4.79 Å². The fourth-order valence-corrected chi connectivity index (χ4v) is 3.27. The van der Waals surface area contributed by atoms with Gasteiger partial charge >= 0.3 is 0 Å². The van der Waals surface area contributed by atoms with Gasteiger partial charge in [-0.25, -0.2) is 4.39 Å². The molecule has 1 aromatic carbocycles. The minimum absolute atomic E-state index is 0.0732. The van der Waals surface area contributed by atoms with Crippen LogP contribution in [0.4, 0.5) is 10.1 Å². The first-order valence-electron chi connectivity index (χ1n) is 6.42. The van der Waals surface area contributed by atoms with Crippen molar-refractivity contribution in [2.45, 2.75) is 12.8 Å². The van der Waals surface area contributed by atoms with Crippen LogP contribution < -0.4 is 11.1 Å². The number of aliphatic hydroxyl groups excluding tert-OH is 1. The lowest BCUT2D eigenvalue weighted by molar-refractivity contribution is 0.0940. The minimum atomic E-state index is -0.413. The molecule has 0 spiro atoms. The predicted octanol–water partition coefficient (Wildman–Crippen LogP) is 2.12. The number of carbonyl (C=O) groups excluding carboxylic acids is 1. The van der Waals surface area contributed by atoms with Gasteiger partial charge in [0.25, 0.3) is 5.91 Å². The summed E-state index contributed by atoms with van der Waals surface area (Å²) < 4.78 is 14.4. The van der Waals surface area contributed by atoms with Gasteiger partial charge < -0.3 is 16.2 Å². The number of rotatable bonds is 4. The van der Waals surface area contributed by atoms with Crippen LogP contribution in [0.5, 0.6) is 0 Å². The molecule has 1 aliphatic rings. The van der Waals surface area contributed by atoms with Crippen molar-refractivity contribution >= 4 is 33.0 Å². The van der Waals surface area contributed by atoms with Crippen molar-refractivity contribution in [3.8, 4) is 0 Å². The molecule has 4 nitrogen and oxygen atoms in total. The zero-order chi connectivity index (χ0) is 14.3. The Balaban J connectivity index is 1.85. The van der Waals surface area contributed by atoms with Gasteiger partial charge in [0.05, 0.1) is 17.7 Å². The first kappa shape index (κ1) is 13.3. The molecule has 6 heteroatoms. The lowest BCUT2D eigenvalue weighted by Crippen LogP contribution is -2.31. The molecule has 0 aliphatic heterocycles. The van der Waals surface area contributed by atoms with Gasteiger partial charge in [-0.1, -0.05) is 6.07 Å². The second kappa shape index (κ2) is 4.71. The molecule has 2 aromatic rings. The third-order valence-corrected chi connectivity index (χ3v) is 4.99. The number of halogens is 1. The van der Waals surface area contributed by atoms with E-state index in [4.69, 9.17) is 5.73 Å². The lowest BCUT2D eigenvalue weighted by Gasteiger charge is -2.12. The molecule has 1 aliphatic carbocycles. The van der Waals surface area contributed by atoms with E-state index in [9.17, 15) is 14.3 Å². The normalized spacial score (nSPS) is 16.3. The summed E-state index contributed by atoms with van der Waals surface area (Å²) in [5.74, 6) is -0.716. The van der Waals surface area contributed by atoms with E-state index in [1.54, 1.807) is 12.1 Å². The molecule has 4 N–H and O–H groups in total. The van der Waals surface area contributed by atoms with Gasteiger partial charge in [0, 0.05) is 16.7 Å². The lowest BCUT2D eigenvalue weighted by atomic mass is 10.1. The summed E-state index contributed by atoms with van der Waals surface area (Å²) in [6.07, 6.45) is 1.83. The number of anilines is 1. The van der Waals surface area contributed by atoms with Crippen LogP contribution >= 0.6 is 11.3 Å². The van der Waals surface area contributed by atoms with Crippen LogP contribution in [0.2, 0.25) is 0 Å². The van der Waals surface area contributed by atoms with Crippen molar-refractivity contribution in [3.63, 3.8) is 0 Å². The maximum absolute atomic E-state index is 13.7. The predicted molar refractivity (Wildman–Crippen MR) is 77.3 cm³/mol. The third kappa shape index (κ3) is 2.14. The Morgan fingerprint density at radius 3 is 2.85 bits per heavy atom. The minimum Gasteiger partial charge on any atom is -0.397 e. The number of carbonyl (C=O) groups is 1. The van der Waals surface area contributed by atoms with E-state index < -0.39 is 5.82 Å². The number of benzene rings is 1. The first-order chi connectivity index (χ1) is 9.56. The van der Waals surface area contributed by atoms with Crippen LogP contribution in [-0.2, 0) is 0 Å². The molecule has 0 atom stereocenters. The van der Waals surface area contributed by atoms with E-state index in [0.717, 1.165) is 12.8 Å². The van der Waals surface area contributed by atoms with Crippen molar-refractivity contribution in [3.05, 3.63) is 28.9 Å². The van der Waals surface area contributed by atoms with Gasteiger partial charge in [0.1, 0.15) is 10.7 Å². The maximum Gasteiger partial charge on any atom is 0.263 e. The zero-order valence-corrected chi connectivity index (χ0v) is 11.6. The van der Waals surface area contributed by atoms with Crippen LogP contribution in [0.3, 0.4) is 0 Å². The fraction of sp³-hybridized carbons (Fsp3) is 0.357. The fourth-order valence-electron chi connectivity index (χ4n) is 2.21. The van der Waals surface area contributed by atoms with Crippen LogP contribution in [0.15, 0.2) is 18.2 Å². The molecule has 1 heterocycles. The Labute approximate surface area is 119 Å². The number of aliphatic hydroxyl groups is 1. The Kier molecular flexibility index (Phi) is 3.14. The van der Waals surface area contributed by atoms with Gasteiger partial charge in [-0.05, 0) is 25.0 Å². The molecule has 106 valence electrons. The van der Waals surface area contributed by atoms with E-state index >= 15 is 0 Å². The topological polar surface area (TPSA) is 75.4 Å². The van der Waals surface area contributed by atoms with Crippen LogP contribution in [-0.4, -0.2) is 24.2 Å². The first-order valence-corrected chi connectivity index (χ1v) is 7.23. The highest BCUT2D eigenvalue weighted by Gasteiger charge is 2.42. The Morgan fingerprint density at radius 1 is 1.50 bits per heavy atom. The van der Waals surface area contributed by atoms with E-state index in [0.29, 0.717) is 21.5 Å². The molecule has 1 aromatic heterocycles. The molecule has 0 saturated heterocycles. The van der Waals surface area contributed by atoms with Crippen molar-refractivity contribution in [1.29, 1.82) is 0 Å². The average Bonchev–Trinajstić information content (AvgIpc) is 3.15. The van der Waals surface area contributed by atoms with E-state index in [-0.39, 0.29) is 23.6 Å². The molecule has 1 fully saturated rings. The monoisotopic (exact) mass is 294 g/mol. The Morgan fingerprint density at radius 2 is 2.25 bits per heavy atom. The zero-order valence-electron chi connectivity index (χ0n) is 10.8. The summed E-state index contributed by atoms with van der Waals surface area (Å²) >= 11 is 1.19. The van der Waals surface area contributed by atoms with E-state index in [1.165, 1.54) is 17.4 Å². The Bertz CT molecular complexity index is 679. The summed E-state index contributed by atoms with van der Waals surface area (Å²) in [6, 6.07) is 4.67. The quantitative estimate of drug-likeness (QED) is 0.808. The third-order valence-electron chi connectivity index (χ3n) is 3.82. The van der Waals surface area contributed by atoms with Crippen molar-refractivity contribution in [2.75, 3.05) is 18.9 Å². The smallest absolute Gasteiger partial charge is 0.263 e. The molecule has 0 unspecified atom stereocenters. The molecule has 3 rings (SSSR count). The standard InChI is InChI=1S/C14H15FN2O2S/c15-8-2-1-3-9-10(8)11(16)12(20-9)13(19)17-6-14(7-18)4-5-14/h1-3,18H,4-7,16H2,(H,17,19). The van der Waals surface area contributed by atoms with Crippen LogP contribution in [0, 0.1) is 11.2 Å². The van der Waals surface area contributed by atoms with Gasteiger partial charge in [0.15, 0.2) is 0 Å². The van der Waals surface area contributed by atoms with Crippen molar-refractivity contribution in [2.24, 2.45) is 5.41 Å². The average molecular weight is 294 g/mol. The molecule has 0 bridgehead atoms. The highest BCUT2D eigenvalue weighted by Crippen LogP contribution is 2.44. The molecule has 0 radical (unpaired) electrons. The van der Waals surface area contributed by atoms with Crippen LogP contribution in [0.1, 0.15) is 22.5 Å². The summed E-state index contributed by atoms with van der Waals surface area (Å²) in [4.78, 5) is 12.5. The highest BCUT2D eigenvalue weighted by atomic mass is 32.1. The van der Waals surface area contributed by atoms with Crippen molar-refractivity contribution < 1.29 is 14.3 Å². The largest absolute Gasteiger partial charge is 0.397 e. The summed E-state index contributed by atoms with van der Waals surface area (Å²) in [7, 11) is 0. The summed E-state index contributed by atoms with van der Waals surface area (Å²) in [5.41, 5.74) is 5.92. The second-order valence-electron chi connectivity index (χ2n) is 5.30. The summed E-state index contributed by atoms with van der Waals surface area (Å²) in [5, 5.41) is 12.3. The number of hydrogen-bond acceptors (Lipinski definition) is 4. The Hall–Kier alpha value is -1.66. The number of hydrogen-bond donors (Lipinski definition) is 3. The highest BCUT2D eigenvalue weighted by molar-refractivity contribution is 7.21. The van der Waals surface area contributed by atoms with E-state index in [2.05, 4.69) is 5.32 Å². The van der Waals surface area contributed by atoms with E-state index in [1.807, 2.05) is 0 Å². The maximum atomic E-state index is 13.7. The molecular formula is C14H15FN2O2S. The van der Waals surface area contributed by atoms with Crippen molar-refractivity contribution in [1.82, 2.24) is 5.32 Å². The van der Waals surface area contributed by atoms with Crippen LogP contribution in [0.25, 0.3) is 10.1 Å².